The molecule has 142 valence electrons. The topological polar surface area (TPSA) is 79.4 Å². The van der Waals surface area contributed by atoms with Gasteiger partial charge in [0.15, 0.2) is 11.5 Å². The zero-order valence-electron chi connectivity index (χ0n) is 14.9. The number of halogens is 1. The molecule has 4 heterocycles. The first kappa shape index (κ1) is 18.9. The summed E-state index contributed by atoms with van der Waals surface area (Å²) in [5.41, 5.74) is 1.48. The summed E-state index contributed by atoms with van der Waals surface area (Å²) in [6.45, 7) is 8.22. The number of aromatic nitrogens is 3. The number of nitrogens with zero attached hydrogens (tertiary/aromatic N) is 5. The molecule has 1 amide bonds. The molecule has 2 aliphatic heterocycles. The number of piperazine rings is 1. The Balaban J connectivity index is 0.00000196. The second kappa shape index (κ2) is 8.20. The van der Waals surface area contributed by atoms with E-state index in [1.165, 1.54) is 0 Å². The quantitative estimate of drug-likeness (QED) is 0.844. The van der Waals surface area contributed by atoms with E-state index >= 15 is 0 Å². The van der Waals surface area contributed by atoms with E-state index < -0.39 is 0 Å². The Hall–Kier alpha value is -1.90. The first-order valence-electron chi connectivity index (χ1n) is 8.88. The number of carbonyl (C=O) groups is 1. The van der Waals surface area contributed by atoms with Gasteiger partial charge in [0.05, 0.1) is 6.20 Å². The van der Waals surface area contributed by atoms with Crippen LogP contribution in [0.1, 0.15) is 28.2 Å². The molecule has 2 aromatic rings. The van der Waals surface area contributed by atoms with Gasteiger partial charge in [0, 0.05) is 57.6 Å². The van der Waals surface area contributed by atoms with Crippen LogP contribution in [0, 0.1) is 6.92 Å². The number of hydrogen-bond acceptors (Lipinski definition) is 6. The van der Waals surface area contributed by atoms with Crippen LogP contribution in [-0.4, -0.2) is 76.0 Å². The Morgan fingerprint density at radius 2 is 2.15 bits per heavy atom. The van der Waals surface area contributed by atoms with Gasteiger partial charge < -0.3 is 14.7 Å². The van der Waals surface area contributed by atoms with Gasteiger partial charge in [-0.05, 0) is 18.9 Å². The predicted molar refractivity (Wildman–Crippen MR) is 98.6 cm³/mol. The van der Waals surface area contributed by atoms with E-state index in [1.807, 2.05) is 18.0 Å². The molecule has 0 bridgehead atoms. The van der Waals surface area contributed by atoms with Gasteiger partial charge in [-0.2, -0.15) is 5.10 Å². The molecule has 0 saturated carbocycles. The summed E-state index contributed by atoms with van der Waals surface area (Å²) in [5, 5.41) is 11.6. The van der Waals surface area contributed by atoms with Crippen molar-refractivity contribution in [3.05, 3.63) is 35.5 Å². The normalized spacial score (nSPS) is 21.0. The van der Waals surface area contributed by atoms with Crippen LogP contribution in [0.25, 0.3) is 0 Å². The van der Waals surface area contributed by atoms with Crippen LogP contribution in [0.4, 0.5) is 0 Å². The Morgan fingerprint density at radius 3 is 2.88 bits per heavy atom. The van der Waals surface area contributed by atoms with Crippen LogP contribution in [0.15, 0.2) is 23.0 Å². The van der Waals surface area contributed by atoms with Crippen LogP contribution in [-0.2, 0) is 6.54 Å². The third-order valence-electron chi connectivity index (χ3n) is 4.98. The lowest BCUT2D eigenvalue weighted by Gasteiger charge is -2.32. The number of likely N-dealkylation sites (tertiary alicyclic amines) is 1. The van der Waals surface area contributed by atoms with E-state index in [0.29, 0.717) is 24.0 Å². The van der Waals surface area contributed by atoms with Crippen molar-refractivity contribution in [2.75, 3.05) is 39.3 Å². The van der Waals surface area contributed by atoms with Gasteiger partial charge in [0.2, 0.25) is 0 Å². The molecule has 1 unspecified atom stereocenters. The number of carbonyl (C=O) groups excluding carboxylic acids is 1. The van der Waals surface area contributed by atoms with Gasteiger partial charge in [0.25, 0.3) is 5.91 Å². The maximum absolute atomic E-state index is 12.7. The summed E-state index contributed by atoms with van der Waals surface area (Å²) in [6, 6.07) is 2.20. The fourth-order valence-electron chi connectivity index (χ4n) is 3.63. The molecular weight excluding hydrogens is 356 g/mol. The molecule has 26 heavy (non-hydrogen) atoms. The van der Waals surface area contributed by atoms with Crippen LogP contribution in [0.2, 0.25) is 0 Å². The molecule has 0 radical (unpaired) electrons. The van der Waals surface area contributed by atoms with Crippen molar-refractivity contribution in [2.45, 2.75) is 25.9 Å². The van der Waals surface area contributed by atoms with Gasteiger partial charge >= 0.3 is 0 Å². The highest BCUT2D eigenvalue weighted by atomic mass is 35.5. The molecule has 9 heteroatoms. The van der Waals surface area contributed by atoms with E-state index in [9.17, 15) is 4.79 Å². The second-order valence-electron chi connectivity index (χ2n) is 6.87. The first-order chi connectivity index (χ1) is 12.2. The smallest absolute Gasteiger partial charge is 0.276 e. The average Bonchev–Trinajstić information content (AvgIpc) is 3.37. The Labute approximate surface area is 158 Å². The van der Waals surface area contributed by atoms with Crippen LogP contribution < -0.4 is 5.32 Å². The van der Waals surface area contributed by atoms with Crippen molar-refractivity contribution in [3.8, 4) is 0 Å². The van der Waals surface area contributed by atoms with Gasteiger partial charge in [-0.15, -0.1) is 12.4 Å². The molecule has 1 atom stereocenters. The number of aryl methyl sites for hydroxylation is 1. The summed E-state index contributed by atoms with van der Waals surface area (Å²) in [5.74, 6) is 0.605. The number of rotatable bonds is 4. The minimum Gasteiger partial charge on any atom is -0.359 e. The van der Waals surface area contributed by atoms with E-state index in [0.717, 1.165) is 51.3 Å². The summed E-state index contributed by atoms with van der Waals surface area (Å²) in [4.78, 5) is 17.1. The zero-order valence-corrected chi connectivity index (χ0v) is 15.7. The molecule has 4 rings (SSSR count). The number of hydrogen-bond donors (Lipinski definition) is 1. The van der Waals surface area contributed by atoms with E-state index in [2.05, 4.69) is 20.5 Å². The van der Waals surface area contributed by atoms with Crippen molar-refractivity contribution < 1.29 is 9.32 Å². The maximum atomic E-state index is 12.7. The fourth-order valence-corrected chi connectivity index (χ4v) is 3.63. The Morgan fingerprint density at radius 1 is 1.35 bits per heavy atom. The second-order valence-corrected chi connectivity index (χ2v) is 6.87. The minimum absolute atomic E-state index is 0. The molecule has 2 aliphatic rings. The summed E-state index contributed by atoms with van der Waals surface area (Å²) >= 11 is 0. The largest absolute Gasteiger partial charge is 0.359 e. The van der Waals surface area contributed by atoms with Gasteiger partial charge in [0.1, 0.15) is 6.54 Å². The highest BCUT2D eigenvalue weighted by Gasteiger charge is 2.32. The van der Waals surface area contributed by atoms with E-state index in [-0.39, 0.29) is 18.3 Å². The Kier molecular flexibility index (Phi) is 5.95. The van der Waals surface area contributed by atoms with Crippen molar-refractivity contribution in [3.63, 3.8) is 0 Å². The number of nitrogens with one attached hydrogen (secondary N) is 1. The van der Waals surface area contributed by atoms with Crippen molar-refractivity contribution in [1.29, 1.82) is 0 Å². The summed E-state index contributed by atoms with van der Waals surface area (Å²) < 4.78 is 7.10. The summed E-state index contributed by atoms with van der Waals surface area (Å²) in [7, 11) is 0. The van der Waals surface area contributed by atoms with Crippen molar-refractivity contribution in [2.24, 2.45) is 0 Å². The van der Waals surface area contributed by atoms with Gasteiger partial charge in [-0.1, -0.05) is 5.16 Å². The maximum Gasteiger partial charge on any atom is 0.276 e. The molecule has 2 fully saturated rings. The van der Waals surface area contributed by atoms with Crippen LogP contribution in [0.3, 0.4) is 0 Å². The molecule has 1 N–H and O–H groups in total. The monoisotopic (exact) mass is 380 g/mol. The van der Waals surface area contributed by atoms with Crippen LogP contribution in [0.5, 0.6) is 0 Å². The fraction of sp³-hybridized carbons (Fsp3) is 0.588. The lowest BCUT2D eigenvalue weighted by atomic mass is 10.2. The van der Waals surface area contributed by atoms with E-state index in [4.69, 9.17) is 4.52 Å². The van der Waals surface area contributed by atoms with Crippen molar-refractivity contribution in [1.82, 2.24) is 30.1 Å². The third-order valence-corrected chi connectivity index (χ3v) is 4.98. The molecule has 0 aromatic carbocycles. The molecule has 2 aromatic heterocycles. The van der Waals surface area contributed by atoms with Crippen molar-refractivity contribution >= 4 is 18.3 Å². The third kappa shape index (κ3) is 4.08. The molecule has 0 spiro atoms. The SMILES string of the molecule is Cc1cnn(Cc2cc(C(=O)N3CCC(N4CCNCC4)C3)no2)c1.Cl. The molecular formula is C17H25ClN6O2. The van der Waals surface area contributed by atoms with Crippen LogP contribution >= 0.6 is 12.4 Å². The average molecular weight is 381 g/mol. The van der Waals surface area contributed by atoms with E-state index in [1.54, 1.807) is 16.9 Å². The lowest BCUT2D eigenvalue weighted by Crippen LogP contribution is -2.49. The van der Waals surface area contributed by atoms with Gasteiger partial charge in [-0.3, -0.25) is 14.4 Å². The number of amides is 1. The molecule has 0 aliphatic carbocycles. The zero-order chi connectivity index (χ0) is 17.2. The highest BCUT2D eigenvalue weighted by Crippen LogP contribution is 2.19. The van der Waals surface area contributed by atoms with Gasteiger partial charge in [-0.25, -0.2) is 0 Å². The Bertz CT molecular complexity index is 739. The molecule has 2 saturated heterocycles. The highest BCUT2D eigenvalue weighted by molar-refractivity contribution is 5.92. The summed E-state index contributed by atoms with van der Waals surface area (Å²) in [6.07, 6.45) is 4.76. The predicted octanol–water partition coefficient (Wildman–Crippen LogP) is 0.769. The standard InChI is InChI=1S/C17H24N6O2.ClH/c1-13-9-19-23(10-13)12-15-8-16(20-25-15)17(24)22-5-2-14(11-22)21-6-3-18-4-7-21;/h8-10,14,18H,2-7,11-12H2,1H3;1H. The first-order valence-corrected chi connectivity index (χ1v) is 8.88. The minimum atomic E-state index is -0.0377. The lowest BCUT2D eigenvalue weighted by molar-refractivity contribution is 0.0763. The molecule has 8 nitrogen and oxygen atoms in total.